The van der Waals surface area contributed by atoms with Crippen LogP contribution in [0.15, 0.2) is 48.5 Å². The van der Waals surface area contributed by atoms with E-state index >= 15 is 0 Å². The predicted molar refractivity (Wildman–Crippen MR) is 97.5 cm³/mol. The average molecular weight is 316 g/mol. The van der Waals surface area contributed by atoms with E-state index in [0.717, 1.165) is 64.7 Å². The van der Waals surface area contributed by atoms with Gasteiger partial charge in [-0.25, -0.2) is 0 Å². The molecule has 0 saturated heterocycles. The van der Waals surface area contributed by atoms with Crippen LogP contribution in [0.5, 0.6) is 0 Å². The van der Waals surface area contributed by atoms with Gasteiger partial charge in [0.25, 0.3) is 5.91 Å². The van der Waals surface area contributed by atoms with E-state index in [2.05, 4.69) is 18.3 Å². The molecule has 3 aromatic rings. The second-order valence-corrected chi connectivity index (χ2v) is 6.25. The zero-order chi connectivity index (χ0) is 16.5. The van der Waals surface area contributed by atoms with Crippen LogP contribution in [-0.4, -0.2) is 10.9 Å². The minimum atomic E-state index is -0.0207. The van der Waals surface area contributed by atoms with Crippen LogP contribution in [0.4, 0.5) is 5.69 Å². The molecule has 0 bridgehead atoms. The maximum atomic E-state index is 13.1. The molecule has 1 heterocycles. The van der Waals surface area contributed by atoms with Crippen molar-refractivity contribution in [3.8, 4) is 0 Å². The fraction of sp³-hybridized carbons (Fsp3) is 0.238. The Bertz CT molecular complexity index is 930. The first-order valence-corrected chi connectivity index (χ1v) is 8.57. The van der Waals surface area contributed by atoms with Crippen molar-refractivity contribution < 1.29 is 4.79 Å². The third-order valence-corrected chi connectivity index (χ3v) is 4.79. The van der Waals surface area contributed by atoms with Crippen molar-refractivity contribution in [2.75, 3.05) is 5.32 Å². The number of pyridine rings is 1. The molecule has 0 atom stereocenters. The van der Waals surface area contributed by atoms with Crippen molar-refractivity contribution in [2.45, 2.75) is 32.6 Å². The van der Waals surface area contributed by atoms with E-state index in [4.69, 9.17) is 4.98 Å². The second kappa shape index (κ2) is 6.08. The summed E-state index contributed by atoms with van der Waals surface area (Å²) < 4.78 is 0. The molecule has 1 aliphatic rings. The lowest BCUT2D eigenvalue weighted by Crippen LogP contribution is -2.16. The lowest BCUT2D eigenvalue weighted by Gasteiger charge is -2.14. The Hall–Kier alpha value is -2.68. The maximum Gasteiger partial charge on any atom is 0.256 e. The van der Waals surface area contributed by atoms with Gasteiger partial charge in [0, 0.05) is 16.8 Å². The first kappa shape index (κ1) is 14.9. The van der Waals surface area contributed by atoms with Crippen LogP contribution < -0.4 is 5.32 Å². The van der Waals surface area contributed by atoms with Crippen molar-refractivity contribution in [1.82, 2.24) is 4.98 Å². The highest BCUT2D eigenvalue weighted by atomic mass is 16.1. The first-order chi connectivity index (χ1) is 11.8. The number of anilines is 1. The third-order valence-electron chi connectivity index (χ3n) is 4.79. The molecule has 24 heavy (non-hydrogen) atoms. The van der Waals surface area contributed by atoms with Gasteiger partial charge in [0.2, 0.25) is 0 Å². The van der Waals surface area contributed by atoms with E-state index in [-0.39, 0.29) is 5.91 Å². The van der Waals surface area contributed by atoms with Gasteiger partial charge in [-0.15, -0.1) is 0 Å². The minimum absolute atomic E-state index is 0.0207. The molecule has 2 aromatic carbocycles. The largest absolute Gasteiger partial charge is 0.322 e. The number of amides is 1. The Balaban J connectivity index is 1.82. The van der Waals surface area contributed by atoms with Crippen molar-refractivity contribution in [3.05, 3.63) is 70.9 Å². The summed E-state index contributed by atoms with van der Waals surface area (Å²) in [6.45, 7) is 2.10. The smallest absolute Gasteiger partial charge is 0.256 e. The zero-order valence-electron chi connectivity index (χ0n) is 13.8. The number of benzene rings is 2. The van der Waals surface area contributed by atoms with E-state index in [0.29, 0.717) is 0 Å². The molecule has 4 rings (SSSR count). The Kier molecular flexibility index (Phi) is 3.77. The van der Waals surface area contributed by atoms with Gasteiger partial charge in [-0.1, -0.05) is 43.3 Å². The van der Waals surface area contributed by atoms with Gasteiger partial charge in [0.05, 0.1) is 11.1 Å². The van der Waals surface area contributed by atoms with Gasteiger partial charge in [-0.3, -0.25) is 9.78 Å². The molecule has 1 N–H and O–H groups in total. The fourth-order valence-corrected chi connectivity index (χ4v) is 3.61. The molecule has 1 aliphatic carbocycles. The Morgan fingerprint density at radius 1 is 1.08 bits per heavy atom. The highest BCUT2D eigenvalue weighted by molar-refractivity contribution is 6.14. The average Bonchev–Trinajstić information content (AvgIpc) is 3.07. The molecule has 0 unspecified atom stereocenters. The van der Waals surface area contributed by atoms with Gasteiger partial charge >= 0.3 is 0 Å². The number of aromatic nitrogens is 1. The maximum absolute atomic E-state index is 13.1. The third kappa shape index (κ3) is 2.46. The van der Waals surface area contributed by atoms with Crippen LogP contribution in [0.2, 0.25) is 0 Å². The monoisotopic (exact) mass is 316 g/mol. The molecule has 3 nitrogen and oxygen atoms in total. The van der Waals surface area contributed by atoms with Crippen molar-refractivity contribution >= 4 is 22.5 Å². The number of fused-ring (bicyclic) bond motifs is 2. The van der Waals surface area contributed by atoms with Gasteiger partial charge in [-0.2, -0.15) is 0 Å². The van der Waals surface area contributed by atoms with Gasteiger partial charge < -0.3 is 5.32 Å². The van der Waals surface area contributed by atoms with Crippen LogP contribution in [0.3, 0.4) is 0 Å². The topological polar surface area (TPSA) is 42.0 Å². The molecular formula is C21H20N2O. The van der Waals surface area contributed by atoms with E-state index in [9.17, 15) is 4.79 Å². The van der Waals surface area contributed by atoms with Crippen molar-refractivity contribution in [3.63, 3.8) is 0 Å². The van der Waals surface area contributed by atoms with Crippen molar-refractivity contribution in [1.29, 1.82) is 0 Å². The molecule has 1 aromatic heterocycles. The summed E-state index contributed by atoms with van der Waals surface area (Å²) in [4.78, 5) is 17.9. The Labute approximate surface area is 141 Å². The highest BCUT2D eigenvalue weighted by Gasteiger charge is 2.23. The zero-order valence-corrected chi connectivity index (χ0v) is 13.8. The van der Waals surface area contributed by atoms with E-state index in [1.54, 1.807) is 0 Å². The lowest BCUT2D eigenvalue weighted by molar-refractivity contribution is 0.102. The number of rotatable bonds is 3. The Morgan fingerprint density at radius 2 is 1.88 bits per heavy atom. The number of carbonyl (C=O) groups excluding carboxylic acids is 1. The molecule has 0 radical (unpaired) electrons. The predicted octanol–water partition coefficient (Wildman–Crippen LogP) is 4.54. The molecule has 120 valence electrons. The summed E-state index contributed by atoms with van der Waals surface area (Å²) in [5.74, 6) is -0.0207. The number of hydrogen-bond acceptors (Lipinski definition) is 2. The van der Waals surface area contributed by atoms with Crippen LogP contribution in [0.25, 0.3) is 10.9 Å². The molecular weight excluding hydrogens is 296 g/mol. The van der Waals surface area contributed by atoms with E-state index in [1.807, 2.05) is 42.5 Å². The van der Waals surface area contributed by atoms with Gasteiger partial charge in [0.1, 0.15) is 0 Å². The normalized spacial score (nSPS) is 13.0. The summed E-state index contributed by atoms with van der Waals surface area (Å²) in [6, 6.07) is 15.9. The standard InChI is InChI=1S/C21H20N2O/c1-2-14-8-3-5-11-17(14)23-21(24)20-15-9-4-6-12-18(15)22-19-13-7-10-16(19)20/h3-6,8-9,11-12H,2,7,10,13H2,1H3,(H,23,24). The molecule has 3 heteroatoms. The molecule has 0 saturated carbocycles. The van der Waals surface area contributed by atoms with Crippen LogP contribution in [-0.2, 0) is 19.3 Å². The SMILES string of the molecule is CCc1ccccc1NC(=O)c1c2c(nc3ccccc13)CCC2. The number of aryl methyl sites for hydroxylation is 2. The quantitative estimate of drug-likeness (QED) is 0.771. The van der Waals surface area contributed by atoms with Crippen LogP contribution in [0, 0.1) is 0 Å². The van der Waals surface area contributed by atoms with Crippen LogP contribution in [0.1, 0.15) is 40.5 Å². The summed E-state index contributed by atoms with van der Waals surface area (Å²) in [5, 5.41) is 4.08. The minimum Gasteiger partial charge on any atom is -0.322 e. The van der Waals surface area contributed by atoms with Crippen LogP contribution >= 0.6 is 0 Å². The van der Waals surface area contributed by atoms with E-state index < -0.39 is 0 Å². The fourth-order valence-electron chi connectivity index (χ4n) is 3.61. The molecule has 0 fully saturated rings. The number of hydrogen-bond donors (Lipinski definition) is 1. The number of nitrogens with zero attached hydrogens (tertiary/aromatic N) is 1. The number of carbonyl (C=O) groups is 1. The Morgan fingerprint density at radius 3 is 2.75 bits per heavy atom. The molecule has 0 aliphatic heterocycles. The molecule has 1 amide bonds. The summed E-state index contributed by atoms with van der Waals surface area (Å²) in [7, 11) is 0. The lowest BCUT2D eigenvalue weighted by atomic mass is 10.00. The molecule has 0 spiro atoms. The highest BCUT2D eigenvalue weighted by Crippen LogP contribution is 2.30. The summed E-state index contributed by atoms with van der Waals surface area (Å²) >= 11 is 0. The number of nitrogens with one attached hydrogen (secondary N) is 1. The number of para-hydroxylation sites is 2. The summed E-state index contributed by atoms with van der Waals surface area (Å²) in [5.41, 5.74) is 5.98. The van der Waals surface area contributed by atoms with Gasteiger partial charge in [-0.05, 0) is 48.9 Å². The summed E-state index contributed by atoms with van der Waals surface area (Å²) in [6.07, 6.45) is 3.87. The van der Waals surface area contributed by atoms with Gasteiger partial charge in [0.15, 0.2) is 0 Å². The second-order valence-electron chi connectivity index (χ2n) is 6.25. The first-order valence-electron chi connectivity index (χ1n) is 8.57. The van der Waals surface area contributed by atoms with Crippen molar-refractivity contribution in [2.24, 2.45) is 0 Å². The van der Waals surface area contributed by atoms with E-state index in [1.165, 1.54) is 0 Å².